The van der Waals surface area contributed by atoms with Gasteiger partial charge in [0.15, 0.2) is 0 Å². The number of aromatic nitrogens is 1. The van der Waals surface area contributed by atoms with Gasteiger partial charge in [0.1, 0.15) is 0 Å². The van der Waals surface area contributed by atoms with Crippen LogP contribution in [0.2, 0.25) is 10.0 Å². The van der Waals surface area contributed by atoms with Gasteiger partial charge in [-0.3, -0.25) is 9.98 Å². The molecule has 0 spiro atoms. The highest BCUT2D eigenvalue weighted by molar-refractivity contribution is 6.39. The Morgan fingerprint density at radius 1 is 1.24 bits per heavy atom. The third-order valence-electron chi connectivity index (χ3n) is 2.11. The van der Waals surface area contributed by atoms with E-state index in [1.807, 2.05) is 12.1 Å². The second-order valence-corrected chi connectivity index (χ2v) is 4.18. The van der Waals surface area contributed by atoms with Crippen molar-refractivity contribution in [3.05, 3.63) is 52.3 Å². The number of benzene rings is 1. The van der Waals surface area contributed by atoms with Gasteiger partial charge in [-0.2, -0.15) is 0 Å². The van der Waals surface area contributed by atoms with E-state index in [0.29, 0.717) is 21.4 Å². The third-order valence-corrected chi connectivity index (χ3v) is 2.74. The predicted octanol–water partition coefficient (Wildman–Crippen LogP) is 3.72. The van der Waals surface area contributed by atoms with Gasteiger partial charge in [-0.05, 0) is 18.2 Å². The summed E-state index contributed by atoms with van der Waals surface area (Å²) in [7, 11) is 0. The molecule has 1 aromatic heterocycles. The molecule has 2 aromatic rings. The van der Waals surface area contributed by atoms with Crippen LogP contribution in [0.3, 0.4) is 0 Å². The molecule has 0 saturated carbocycles. The van der Waals surface area contributed by atoms with Crippen LogP contribution >= 0.6 is 23.2 Å². The van der Waals surface area contributed by atoms with Gasteiger partial charge in [-0.1, -0.05) is 29.3 Å². The fourth-order valence-corrected chi connectivity index (χ4v) is 1.72. The van der Waals surface area contributed by atoms with E-state index >= 15 is 0 Å². The summed E-state index contributed by atoms with van der Waals surface area (Å²) >= 11 is 11.8. The number of anilines is 1. The average Bonchev–Trinajstić information content (AvgIpc) is 2.34. The highest BCUT2D eigenvalue weighted by Gasteiger charge is 2.03. The molecule has 0 amide bonds. The summed E-state index contributed by atoms with van der Waals surface area (Å²) < 4.78 is 0. The molecule has 2 N–H and O–H groups in total. The summed E-state index contributed by atoms with van der Waals surface area (Å²) in [6.45, 7) is 0. The van der Waals surface area contributed by atoms with Gasteiger partial charge < -0.3 is 5.73 Å². The molecule has 5 heteroatoms. The van der Waals surface area contributed by atoms with Gasteiger partial charge in [0.05, 0.1) is 21.4 Å². The fraction of sp³-hybridized carbons (Fsp3) is 0. The number of hydrogen-bond acceptors (Lipinski definition) is 3. The Kier molecular flexibility index (Phi) is 3.61. The van der Waals surface area contributed by atoms with Crippen LogP contribution < -0.4 is 5.73 Å². The molecule has 3 nitrogen and oxygen atoms in total. The molecule has 2 rings (SSSR count). The maximum atomic E-state index is 5.91. The van der Waals surface area contributed by atoms with E-state index < -0.39 is 0 Å². The Labute approximate surface area is 109 Å². The third kappa shape index (κ3) is 2.96. The minimum atomic E-state index is 0.369. The Hall–Kier alpha value is -1.58. The number of rotatable bonds is 2. The predicted molar refractivity (Wildman–Crippen MR) is 72.4 cm³/mol. The van der Waals surface area contributed by atoms with E-state index in [1.54, 1.807) is 30.7 Å². The molecule has 0 radical (unpaired) electrons. The van der Waals surface area contributed by atoms with Gasteiger partial charge in [-0.15, -0.1) is 0 Å². The van der Waals surface area contributed by atoms with Crippen LogP contribution in [0.1, 0.15) is 5.56 Å². The minimum absolute atomic E-state index is 0.369. The molecule has 86 valence electrons. The van der Waals surface area contributed by atoms with Gasteiger partial charge in [-0.25, -0.2) is 0 Å². The number of halogens is 2. The highest BCUT2D eigenvalue weighted by Crippen LogP contribution is 2.32. The molecule has 0 aliphatic carbocycles. The maximum absolute atomic E-state index is 5.91. The van der Waals surface area contributed by atoms with Crippen LogP contribution in [0, 0.1) is 0 Å². The standard InChI is InChI=1S/C12H9Cl2N3/c13-10-4-9(5-11(14)12(10)15)17-7-8-2-1-3-16-6-8/h1-7H,15H2. The van der Waals surface area contributed by atoms with Crippen LogP contribution in [-0.2, 0) is 0 Å². The highest BCUT2D eigenvalue weighted by atomic mass is 35.5. The minimum Gasteiger partial charge on any atom is -0.396 e. The van der Waals surface area contributed by atoms with E-state index in [-0.39, 0.29) is 0 Å². The van der Waals surface area contributed by atoms with Crippen LogP contribution in [0.5, 0.6) is 0 Å². The molecule has 1 heterocycles. The molecule has 0 saturated heterocycles. The summed E-state index contributed by atoms with van der Waals surface area (Å²) in [4.78, 5) is 8.23. The van der Waals surface area contributed by atoms with Crippen LogP contribution in [0.25, 0.3) is 0 Å². The van der Waals surface area contributed by atoms with E-state index in [0.717, 1.165) is 5.56 Å². The molecular weight excluding hydrogens is 257 g/mol. The van der Waals surface area contributed by atoms with E-state index in [4.69, 9.17) is 28.9 Å². The molecule has 17 heavy (non-hydrogen) atoms. The lowest BCUT2D eigenvalue weighted by Crippen LogP contribution is -1.87. The monoisotopic (exact) mass is 265 g/mol. The lowest BCUT2D eigenvalue weighted by atomic mass is 10.2. The topological polar surface area (TPSA) is 51.3 Å². The smallest absolute Gasteiger partial charge is 0.0694 e. The maximum Gasteiger partial charge on any atom is 0.0694 e. The van der Waals surface area contributed by atoms with E-state index in [9.17, 15) is 0 Å². The molecule has 1 aromatic carbocycles. The first-order chi connectivity index (χ1) is 8.16. The lowest BCUT2D eigenvalue weighted by Gasteiger charge is -2.02. The second-order valence-electron chi connectivity index (χ2n) is 3.37. The van der Waals surface area contributed by atoms with Crippen molar-refractivity contribution < 1.29 is 0 Å². The molecule has 0 aliphatic heterocycles. The van der Waals surface area contributed by atoms with Crippen molar-refractivity contribution in [1.82, 2.24) is 4.98 Å². The summed E-state index contributed by atoms with van der Waals surface area (Å²) in [5.41, 5.74) is 7.55. The zero-order chi connectivity index (χ0) is 12.3. The number of nitrogens with zero attached hydrogens (tertiary/aromatic N) is 2. The molecule has 0 atom stereocenters. The van der Waals surface area contributed by atoms with Crippen molar-refractivity contribution in [2.24, 2.45) is 4.99 Å². The Balaban J connectivity index is 2.28. The molecule has 0 unspecified atom stereocenters. The summed E-state index contributed by atoms with van der Waals surface area (Å²) in [6.07, 6.45) is 5.10. The van der Waals surface area contributed by atoms with Crippen molar-refractivity contribution in [2.75, 3.05) is 5.73 Å². The van der Waals surface area contributed by atoms with Crippen LogP contribution in [0.4, 0.5) is 11.4 Å². The average molecular weight is 266 g/mol. The lowest BCUT2D eigenvalue weighted by molar-refractivity contribution is 1.32. The van der Waals surface area contributed by atoms with Crippen LogP contribution in [-0.4, -0.2) is 11.2 Å². The zero-order valence-corrected chi connectivity index (χ0v) is 10.3. The van der Waals surface area contributed by atoms with Crippen molar-refractivity contribution in [3.63, 3.8) is 0 Å². The van der Waals surface area contributed by atoms with Gasteiger partial charge >= 0.3 is 0 Å². The summed E-state index contributed by atoms with van der Waals surface area (Å²) in [5.74, 6) is 0. The normalized spacial score (nSPS) is 10.9. The van der Waals surface area contributed by atoms with Crippen molar-refractivity contribution in [3.8, 4) is 0 Å². The first-order valence-corrected chi connectivity index (χ1v) is 5.61. The van der Waals surface area contributed by atoms with Crippen molar-refractivity contribution in [2.45, 2.75) is 0 Å². The largest absolute Gasteiger partial charge is 0.396 e. The number of hydrogen-bond donors (Lipinski definition) is 1. The Morgan fingerprint density at radius 2 is 1.94 bits per heavy atom. The number of pyridine rings is 1. The van der Waals surface area contributed by atoms with Crippen LogP contribution in [0.15, 0.2) is 41.7 Å². The molecule has 0 bridgehead atoms. The van der Waals surface area contributed by atoms with Gasteiger partial charge in [0.2, 0.25) is 0 Å². The second kappa shape index (κ2) is 5.17. The first kappa shape index (κ1) is 11.9. The number of nitrogen functional groups attached to an aromatic ring is 1. The van der Waals surface area contributed by atoms with Gasteiger partial charge in [0, 0.05) is 24.2 Å². The summed E-state index contributed by atoms with van der Waals surface area (Å²) in [5, 5.41) is 0.798. The molecule has 0 fully saturated rings. The quantitative estimate of drug-likeness (QED) is 0.665. The fourth-order valence-electron chi connectivity index (χ4n) is 1.25. The van der Waals surface area contributed by atoms with E-state index in [1.165, 1.54) is 0 Å². The Bertz CT molecular complexity index is 530. The Morgan fingerprint density at radius 3 is 2.53 bits per heavy atom. The molecule has 0 aliphatic rings. The number of nitrogens with two attached hydrogens (primary N) is 1. The zero-order valence-electron chi connectivity index (χ0n) is 8.77. The van der Waals surface area contributed by atoms with Gasteiger partial charge in [0.25, 0.3) is 0 Å². The first-order valence-electron chi connectivity index (χ1n) is 4.85. The summed E-state index contributed by atoms with van der Waals surface area (Å²) in [6, 6.07) is 7.06. The number of aliphatic imine (C=N–C) groups is 1. The van der Waals surface area contributed by atoms with Crippen molar-refractivity contribution >= 4 is 40.8 Å². The molecular formula is C12H9Cl2N3. The SMILES string of the molecule is Nc1c(Cl)cc(N=Cc2cccnc2)cc1Cl. The van der Waals surface area contributed by atoms with E-state index in [2.05, 4.69) is 9.98 Å². The van der Waals surface area contributed by atoms with Crippen molar-refractivity contribution in [1.29, 1.82) is 0 Å².